The zero-order valence-corrected chi connectivity index (χ0v) is 9.72. The van der Waals surface area contributed by atoms with Gasteiger partial charge in [-0.2, -0.15) is 4.98 Å². The number of ether oxygens (including phenoxy) is 1. The van der Waals surface area contributed by atoms with E-state index in [1.54, 1.807) is 0 Å². The zero-order chi connectivity index (χ0) is 13.6. The molecule has 3 heterocycles. The van der Waals surface area contributed by atoms with Crippen molar-refractivity contribution in [1.29, 1.82) is 0 Å². The molecule has 1 aliphatic heterocycles. The summed E-state index contributed by atoms with van der Waals surface area (Å²) in [5, 5.41) is 18.9. The molecule has 9 heteroatoms. The maximum absolute atomic E-state index is 11.6. The number of nitrogen functional groups attached to an aromatic ring is 1. The molecule has 2 aromatic rings. The Hall–Kier alpha value is -1.97. The Morgan fingerprint density at radius 1 is 1.58 bits per heavy atom. The van der Waals surface area contributed by atoms with Gasteiger partial charge in [-0.05, 0) is 0 Å². The van der Waals surface area contributed by atoms with Crippen molar-refractivity contribution in [2.45, 2.75) is 18.4 Å². The third kappa shape index (κ3) is 1.87. The molecule has 0 amide bonds. The van der Waals surface area contributed by atoms with Gasteiger partial charge in [0.2, 0.25) is 5.95 Å². The fourth-order valence-electron chi connectivity index (χ4n) is 2.08. The second-order valence-corrected chi connectivity index (χ2v) is 4.21. The van der Waals surface area contributed by atoms with E-state index in [1.807, 2.05) is 0 Å². The minimum absolute atomic E-state index is 0.0468. The molecule has 5 N–H and O–H groups in total. The number of hydrogen-bond donors (Lipinski definition) is 4. The number of anilines is 1. The molecule has 101 valence electrons. The van der Waals surface area contributed by atoms with Crippen molar-refractivity contribution in [2.24, 2.45) is 0 Å². The topological polar surface area (TPSA) is 139 Å². The lowest BCUT2D eigenvalue weighted by atomic mass is 10.2. The molecule has 1 aliphatic rings. The quantitative estimate of drug-likeness (QED) is 0.500. The number of fused-ring (bicyclic) bond motifs is 1. The van der Waals surface area contributed by atoms with Crippen LogP contribution in [0.4, 0.5) is 5.95 Å². The van der Waals surface area contributed by atoms with Gasteiger partial charge >= 0.3 is 0 Å². The summed E-state index contributed by atoms with van der Waals surface area (Å²) in [4.78, 5) is 21.9. The van der Waals surface area contributed by atoms with E-state index >= 15 is 0 Å². The number of nitrogens with one attached hydrogen (secondary N) is 1. The van der Waals surface area contributed by atoms with Crippen molar-refractivity contribution < 1.29 is 14.9 Å². The summed E-state index contributed by atoms with van der Waals surface area (Å²) in [6.07, 6.45) is 0.505. The maximum Gasteiger partial charge on any atom is 0.280 e. The SMILES string of the molecule is Nc1nc2c(ncn2[C@@H]2O[C@H](CO)[CH][C@H]2O)c(=O)[nH]1. The second-order valence-electron chi connectivity index (χ2n) is 4.21. The van der Waals surface area contributed by atoms with Crippen LogP contribution in [0, 0.1) is 6.42 Å². The van der Waals surface area contributed by atoms with Crippen LogP contribution >= 0.6 is 0 Å². The summed E-state index contributed by atoms with van der Waals surface area (Å²) < 4.78 is 6.84. The van der Waals surface area contributed by atoms with Gasteiger partial charge in [0.25, 0.3) is 5.56 Å². The largest absolute Gasteiger partial charge is 0.394 e. The number of aromatic nitrogens is 4. The molecular formula is C10H12N5O4. The summed E-state index contributed by atoms with van der Waals surface area (Å²) >= 11 is 0. The summed E-state index contributed by atoms with van der Waals surface area (Å²) in [7, 11) is 0. The van der Waals surface area contributed by atoms with Crippen molar-refractivity contribution >= 4 is 17.1 Å². The van der Waals surface area contributed by atoms with Gasteiger partial charge in [0, 0.05) is 6.42 Å². The van der Waals surface area contributed by atoms with Crippen LogP contribution in [-0.2, 0) is 4.74 Å². The lowest BCUT2D eigenvalue weighted by Gasteiger charge is -2.16. The number of aliphatic hydroxyl groups excluding tert-OH is 2. The lowest BCUT2D eigenvalue weighted by Crippen LogP contribution is -2.20. The van der Waals surface area contributed by atoms with Crippen molar-refractivity contribution in [3.05, 3.63) is 23.1 Å². The molecule has 0 aromatic carbocycles. The minimum atomic E-state index is -0.933. The second kappa shape index (κ2) is 4.30. The van der Waals surface area contributed by atoms with Gasteiger partial charge in [-0.15, -0.1) is 0 Å². The Kier molecular flexibility index (Phi) is 2.73. The molecule has 0 aliphatic carbocycles. The monoisotopic (exact) mass is 266 g/mol. The van der Waals surface area contributed by atoms with Crippen LogP contribution in [0.1, 0.15) is 6.23 Å². The minimum Gasteiger partial charge on any atom is -0.394 e. The molecule has 19 heavy (non-hydrogen) atoms. The number of aromatic amines is 1. The third-order valence-electron chi connectivity index (χ3n) is 2.92. The Bertz CT molecular complexity index is 665. The van der Waals surface area contributed by atoms with Crippen LogP contribution in [-0.4, -0.2) is 48.5 Å². The highest BCUT2D eigenvalue weighted by atomic mass is 16.5. The number of nitrogens with two attached hydrogens (primary N) is 1. The van der Waals surface area contributed by atoms with Gasteiger partial charge in [0.05, 0.1) is 19.0 Å². The molecule has 1 saturated heterocycles. The van der Waals surface area contributed by atoms with Gasteiger partial charge in [-0.1, -0.05) is 0 Å². The Morgan fingerprint density at radius 2 is 2.37 bits per heavy atom. The fraction of sp³-hybridized carbons (Fsp3) is 0.400. The van der Waals surface area contributed by atoms with Gasteiger partial charge < -0.3 is 20.7 Å². The Morgan fingerprint density at radius 3 is 3.05 bits per heavy atom. The number of rotatable bonds is 2. The molecule has 0 spiro atoms. The highest BCUT2D eigenvalue weighted by molar-refractivity contribution is 5.70. The molecule has 2 aromatic heterocycles. The van der Waals surface area contributed by atoms with E-state index in [1.165, 1.54) is 17.3 Å². The van der Waals surface area contributed by atoms with Crippen molar-refractivity contribution in [2.75, 3.05) is 12.3 Å². The standard InChI is InChI=1S/C10H12N5O4/c11-10-13-7-6(8(18)14-10)12-3-15(7)9-5(17)1-4(2-16)19-9/h1,3-5,9,16-17H,2H2,(H3,11,13,14,18)/t4-,5+,9+/m0/s1. The normalized spacial score (nSPS) is 27.2. The van der Waals surface area contributed by atoms with Crippen LogP contribution in [0.15, 0.2) is 11.1 Å². The Balaban J connectivity index is 2.09. The predicted octanol–water partition coefficient (Wildman–Crippen LogP) is -1.84. The van der Waals surface area contributed by atoms with E-state index in [2.05, 4.69) is 15.0 Å². The molecule has 0 saturated carbocycles. The van der Waals surface area contributed by atoms with E-state index in [9.17, 15) is 9.90 Å². The zero-order valence-electron chi connectivity index (χ0n) is 9.72. The molecule has 1 fully saturated rings. The molecular weight excluding hydrogens is 254 g/mol. The highest BCUT2D eigenvalue weighted by Gasteiger charge is 2.36. The first kappa shape index (κ1) is 12.1. The number of aliphatic hydroxyl groups is 2. The number of imidazole rings is 1. The van der Waals surface area contributed by atoms with Crippen LogP contribution in [0.25, 0.3) is 11.2 Å². The van der Waals surface area contributed by atoms with Crippen molar-refractivity contribution in [3.63, 3.8) is 0 Å². The van der Waals surface area contributed by atoms with Crippen LogP contribution in [0.3, 0.4) is 0 Å². The number of H-pyrrole nitrogens is 1. The number of hydrogen-bond acceptors (Lipinski definition) is 7. The van der Waals surface area contributed by atoms with E-state index in [0.717, 1.165) is 0 Å². The van der Waals surface area contributed by atoms with E-state index < -0.39 is 24.0 Å². The maximum atomic E-state index is 11.6. The van der Waals surface area contributed by atoms with Crippen LogP contribution < -0.4 is 11.3 Å². The smallest absolute Gasteiger partial charge is 0.280 e. The molecule has 0 bridgehead atoms. The fourth-order valence-corrected chi connectivity index (χ4v) is 2.08. The molecule has 0 unspecified atom stereocenters. The average Bonchev–Trinajstić information content (AvgIpc) is 2.92. The average molecular weight is 266 g/mol. The Labute approximate surface area is 106 Å². The van der Waals surface area contributed by atoms with Crippen molar-refractivity contribution in [3.8, 4) is 0 Å². The molecule has 1 radical (unpaired) electrons. The lowest BCUT2D eigenvalue weighted by molar-refractivity contribution is -0.0483. The predicted molar refractivity (Wildman–Crippen MR) is 63.9 cm³/mol. The molecule has 3 atom stereocenters. The molecule has 9 nitrogen and oxygen atoms in total. The first-order valence-electron chi connectivity index (χ1n) is 5.62. The van der Waals surface area contributed by atoms with Crippen molar-refractivity contribution in [1.82, 2.24) is 19.5 Å². The first-order chi connectivity index (χ1) is 9.10. The van der Waals surface area contributed by atoms with Gasteiger partial charge in [-0.3, -0.25) is 14.3 Å². The summed E-state index contributed by atoms with van der Waals surface area (Å²) in [6, 6.07) is 0. The van der Waals surface area contributed by atoms with Gasteiger partial charge in [0.1, 0.15) is 6.10 Å². The van der Waals surface area contributed by atoms with E-state index in [4.69, 9.17) is 15.6 Å². The van der Waals surface area contributed by atoms with E-state index in [0.29, 0.717) is 0 Å². The van der Waals surface area contributed by atoms with Gasteiger partial charge in [-0.25, -0.2) is 4.98 Å². The summed E-state index contributed by atoms with van der Waals surface area (Å²) in [6.45, 7) is -0.240. The third-order valence-corrected chi connectivity index (χ3v) is 2.92. The van der Waals surface area contributed by atoms with Crippen LogP contribution in [0.2, 0.25) is 0 Å². The highest BCUT2D eigenvalue weighted by Crippen LogP contribution is 2.29. The van der Waals surface area contributed by atoms with E-state index in [-0.39, 0.29) is 23.7 Å². The van der Waals surface area contributed by atoms with Crippen LogP contribution in [0.5, 0.6) is 0 Å². The summed E-state index contributed by atoms with van der Waals surface area (Å²) in [5.74, 6) is -0.0468. The number of nitrogens with zero attached hydrogens (tertiary/aromatic N) is 3. The van der Waals surface area contributed by atoms with Gasteiger partial charge in [0.15, 0.2) is 17.4 Å². The summed E-state index contributed by atoms with van der Waals surface area (Å²) in [5.41, 5.74) is 5.35. The first-order valence-corrected chi connectivity index (χ1v) is 5.62. The molecule has 3 rings (SSSR count).